The molecule has 7 nitrogen and oxygen atoms in total. The largest absolute Gasteiger partial charge is 0.508 e. The molecule has 2 aromatic rings. The van der Waals surface area contributed by atoms with Crippen LogP contribution in [-0.4, -0.2) is 44.0 Å². The number of nitrogens with two attached hydrogens (primary N) is 1. The number of hydrogen-bond acceptors (Lipinski definition) is 6. The summed E-state index contributed by atoms with van der Waals surface area (Å²) in [5.41, 5.74) is 6.67. The summed E-state index contributed by atoms with van der Waals surface area (Å²) in [6, 6.07) is 4.61. The van der Waals surface area contributed by atoms with E-state index < -0.39 is 0 Å². The van der Waals surface area contributed by atoms with Gasteiger partial charge >= 0.3 is 0 Å². The molecule has 2 unspecified atom stereocenters. The number of benzene rings is 1. The van der Waals surface area contributed by atoms with E-state index in [4.69, 9.17) is 5.73 Å². The highest BCUT2D eigenvalue weighted by molar-refractivity contribution is 5.61. The van der Waals surface area contributed by atoms with Gasteiger partial charge in [0.05, 0.1) is 0 Å². The monoisotopic (exact) mass is 289 g/mol. The Labute approximate surface area is 122 Å². The molecule has 112 valence electrons. The SMILES string of the molecule is CC1C(N)CCCN1c1n[nH]c(-c2cc(O)cc(O)c2)n1. The molecular weight excluding hydrogens is 270 g/mol. The van der Waals surface area contributed by atoms with Crippen molar-refractivity contribution in [3.8, 4) is 22.9 Å². The van der Waals surface area contributed by atoms with E-state index >= 15 is 0 Å². The minimum absolute atomic E-state index is 0.0173. The van der Waals surface area contributed by atoms with E-state index in [1.807, 2.05) is 0 Å². The smallest absolute Gasteiger partial charge is 0.245 e. The van der Waals surface area contributed by atoms with Crippen molar-refractivity contribution >= 4 is 5.95 Å². The second-order valence-corrected chi connectivity index (χ2v) is 5.46. The number of aromatic hydroxyl groups is 2. The van der Waals surface area contributed by atoms with Gasteiger partial charge in [-0.1, -0.05) is 0 Å². The number of piperidine rings is 1. The second-order valence-electron chi connectivity index (χ2n) is 5.46. The Balaban J connectivity index is 1.89. The molecule has 1 aliphatic heterocycles. The summed E-state index contributed by atoms with van der Waals surface area (Å²) < 4.78 is 0. The van der Waals surface area contributed by atoms with E-state index in [9.17, 15) is 10.2 Å². The number of nitrogens with zero attached hydrogens (tertiary/aromatic N) is 3. The van der Waals surface area contributed by atoms with Crippen LogP contribution in [0.25, 0.3) is 11.4 Å². The van der Waals surface area contributed by atoms with Gasteiger partial charge in [0.25, 0.3) is 0 Å². The lowest BCUT2D eigenvalue weighted by Crippen LogP contribution is -2.50. The normalized spacial score (nSPS) is 22.5. The van der Waals surface area contributed by atoms with Gasteiger partial charge in [0.2, 0.25) is 5.95 Å². The van der Waals surface area contributed by atoms with E-state index in [1.165, 1.54) is 18.2 Å². The quantitative estimate of drug-likeness (QED) is 0.661. The van der Waals surface area contributed by atoms with E-state index in [-0.39, 0.29) is 23.6 Å². The van der Waals surface area contributed by atoms with Crippen LogP contribution in [0.4, 0.5) is 5.95 Å². The maximum absolute atomic E-state index is 9.54. The third-order valence-electron chi connectivity index (χ3n) is 3.95. The molecule has 2 heterocycles. The fourth-order valence-electron chi connectivity index (χ4n) is 2.70. The van der Waals surface area contributed by atoms with Gasteiger partial charge in [-0.15, -0.1) is 5.10 Å². The molecule has 1 fully saturated rings. The average molecular weight is 289 g/mol. The van der Waals surface area contributed by atoms with Crippen LogP contribution in [0.15, 0.2) is 18.2 Å². The number of rotatable bonds is 2. The minimum Gasteiger partial charge on any atom is -0.508 e. The summed E-state index contributed by atoms with van der Waals surface area (Å²) in [6.07, 6.45) is 2.03. The van der Waals surface area contributed by atoms with Gasteiger partial charge in [-0.2, -0.15) is 4.98 Å². The van der Waals surface area contributed by atoms with Crippen LogP contribution in [0.2, 0.25) is 0 Å². The first-order valence-corrected chi connectivity index (χ1v) is 7.02. The van der Waals surface area contributed by atoms with Crippen LogP contribution < -0.4 is 10.6 Å². The molecule has 0 saturated carbocycles. The summed E-state index contributed by atoms with van der Waals surface area (Å²) in [5, 5.41) is 26.2. The third kappa shape index (κ3) is 2.64. The first-order valence-electron chi connectivity index (χ1n) is 7.02. The number of aromatic nitrogens is 3. The van der Waals surface area contributed by atoms with Crippen molar-refractivity contribution in [2.24, 2.45) is 5.73 Å². The number of phenolic OH excluding ortho intramolecular Hbond substituents is 2. The molecule has 21 heavy (non-hydrogen) atoms. The Hall–Kier alpha value is -2.28. The summed E-state index contributed by atoms with van der Waals surface area (Å²) in [5.74, 6) is 1.06. The molecule has 1 aliphatic rings. The molecule has 2 atom stereocenters. The van der Waals surface area contributed by atoms with E-state index in [0.29, 0.717) is 17.3 Å². The molecule has 7 heteroatoms. The lowest BCUT2D eigenvalue weighted by molar-refractivity contribution is 0.416. The van der Waals surface area contributed by atoms with Gasteiger partial charge in [0.15, 0.2) is 5.82 Å². The first-order chi connectivity index (χ1) is 10.0. The van der Waals surface area contributed by atoms with Gasteiger partial charge in [0, 0.05) is 30.3 Å². The fourth-order valence-corrected chi connectivity index (χ4v) is 2.70. The van der Waals surface area contributed by atoms with Crippen LogP contribution in [0.3, 0.4) is 0 Å². The fraction of sp³-hybridized carbons (Fsp3) is 0.429. The molecule has 1 saturated heterocycles. The van der Waals surface area contributed by atoms with Gasteiger partial charge in [-0.3, -0.25) is 5.10 Å². The molecule has 1 aromatic carbocycles. The molecule has 3 rings (SSSR count). The Morgan fingerprint density at radius 3 is 2.71 bits per heavy atom. The molecule has 5 N–H and O–H groups in total. The molecule has 0 aliphatic carbocycles. The average Bonchev–Trinajstić information content (AvgIpc) is 2.90. The Morgan fingerprint density at radius 2 is 2.00 bits per heavy atom. The van der Waals surface area contributed by atoms with Crippen molar-refractivity contribution in [1.82, 2.24) is 15.2 Å². The number of hydrogen-bond donors (Lipinski definition) is 4. The van der Waals surface area contributed by atoms with Gasteiger partial charge in [-0.25, -0.2) is 0 Å². The van der Waals surface area contributed by atoms with Crippen LogP contribution >= 0.6 is 0 Å². The first kappa shape index (κ1) is 13.7. The zero-order valence-corrected chi connectivity index (χ0v) is 11.8. The number of phenols is 2. The van der Waals surface area contributed by atoms with Crippen LogP contribution in [0.1, 0.15) is 19.8 Å². The predicted octanol–water partition coefficient (Wildman–Crippen LogP) is 1.20. The van der Waals surface area contributed by atoms with Crippen molar-refractivity contribution < 1.29 is 10.2 Å². The summed E-state index contributed by atoms with van der Waals surface area (Å²) in [7, 11) is 0. The van der Waals surface area contributed by atoms with Crippen molar-refractivity contribution in [1.29, 1.82) is 0 Å². The predicted molar refractivity (Wildman–Crippen MR) is 79.2 cm³/mol. The number of nitrogens with one attached hydrogen (secondary N) is 1. The molecular formula is C14H19N5O2. The van der Waals surface area contributed by atoms with Crippen LogP contribution in [0, 0.1) is 0 Å². The van der Waals surface area contributed by atoms with Crippen molar-refractivity contribution in [2.75, 3.05) is 11.4 Å². The Morgan fingerprint density at radius 1 is 1.29 bits per heavy atom. The topological polar surface area (TPSA) is 111 Å². The second kappa shape index (κ2) is 5.25. The maximum atomic E-state index is 9.54. The van der Waals surface area contributed by atoms with Gasteiger partial charge < -0.3 is 20.8 Å². The molecule has 1 aromatic heterocycles. The highest BCUT2D eigenvalue weighted by Gasteiger charge is 2.27. The third-order valence-corrected chi connectivity index (χ3v) is 3.95. The molecule has 0 spiro atoms. The standard InChI is InChI=1S/C14H19N5O2/c1-8-12(15)3-2-4-19(8)14-16-13(17-18-14)9-5-10(20)7-11(21)6-9/h5-8,12,20-21H,2-4,15H2,1H3,(H,16,17,18). The molecule has 0 bridgehead atoms. The summed E-state index contributed by atoms with van der Waals surface area (Å²) >= 11 is 0. The van der Waals surface area contributed by atoms with Crippen molar-refractivity contribution in [3.63, 3.8) is 0 Å². The lowest BCUT2D eigenvalue weighted by Gasteiger charge is -2.36. The highest BCUT2D eigenvalue weighted by atomic mass is 16.3. The van der Waals surface area contributed by atoms with Gasteiger partial charge in [-0.05, 0) is 31.9 Å². The summed E-state index contributed by atoms with van der Waals surface area (Å²) in [4.78, 5) is 6.53. The Kier molecular flexibility index (Phi) is 3.42. The van der Waals surface area contributed by atoms with E-state index in [1.54, 1.807) is 0 Å². The lowest BCUT2D eigenvalue weighted by atomic mass is 9.99. The van der Waals surface area contributed by atoms with Crippen molar-refractivity contribution in [2.45, 2.75) is 31.8 Å². The van der Waals surface area contributed by atoms with Crippen LogP contribution in [0.5, 0.6) is 11.5 Å². The van der Waals surface area contributed by atoms with Crippen molar-refractivity contribution in [3.05, 3.63) is 18.2 Å². The van der Waals surface area contributed by atoms with E-state index in [0.717, 1.165) is 19.4 Å². The number of aromatic amines is 1. The maximum Gasteiger partial charge on any atom is 0.245 e. The zero-order chi connectivity index (χ0) is 15.0. The van der Waals surface area contributed by atoms with E-state index in [2.05, 4.69) is 27.0 Å². The number of anilines is 1. The number of H-pyrrole nitrogens is 1. The van der Waals surface area contributed by atoms with Gasteiger partial charge in [0.1, 0.15) is 11.5 Å². The zero-order valence-electron chi connectivity index (χ0n) is 11.8. The summed E-state index contributed by atoms with van der Waals surface area (Å²) in [6.45, 7) is 2.94. The molecule has 0 amide bonds. The van der Waals surface area contributed by atoms with Crippen LogP contribution in [-0.2, 0) is 0 Å². The Bertz CT molecular complexity index is 622. The molecule has 0 radical (unpaired) electrons. The minimum atomic E-state index is -0.0173. The highest BCUT2D eigenvalue weighted by Crippen LogP contribution is 2.28.